The van der Waals surface area contributed by atoms with Crippen molar-refractivity contribution in [3.05, 3.63) is 39.8 Å². The summed E-state index contributed by atoms with van der Waals surface area (Å²) in [6.45, 7) is 0. The molecule has 0 spiro atoms. The van der Waals surface area contributed by atoms with Gasteiger partial charge >= 0.3 is 0 Å². The number of nitro benzene ring substituents is 1. The van der Waals surface area contributed by atoms with Crippen molar-refractivity contribution in [2.45, 2.75) is 0 Å². The molecule has 0 unspecified atom stereocenters. The van der Waals surface area contributed by atoms with Gasteiger partial charge in [0.15, 0.2) is 0 Å². The van der Waals surface area contributed by atoms with Gasteiger partial charge in [0.05, 0.1) is 4.92 Å². The second-order valence-electron chi connectivity index (χ2n) is 2.37. The van der Waals surface area contributed by atoms with E-state index in [4.69, 9.17) is 0 Å². The Hall–Kier alpha value is -1.42. The summed E-state index contributed by atoms with van der Waals surface area (Å²) in [5.41, 5.74) is 0.197. The van der Waals surface area contributed by atoms with Crippen molar-refractivity contribution < 1.29 is 4.92 Å². The highest BCUT2D eigenvalue weighted by Crippen LogP contribution is 2.29. The van der Waals surface area contributed by atoms with Crippen LogP contribution in [0.25, 0.3) is 10.1 Å². The second kappa shape index (κ2) is 2.57. The highest BCUT2D eigenvalue weighted by molar-refractivity contribution is 7.17. The Morgan fingerprint density at radius 1 is 1.33 bits per heavy atom. The molecular weight excluding hydrogens is 174 g/mol. The SMILES string of the molecule is O=[N+]([O-])c1cccc2ccsc12. The predicted octanol–water partition coefficient (Wildman–Crippen LogP) is 2.81. The highest BCUT2D eigenvalue weighted by atomic mass is 32.1. The van der Waals surface area contributed by atoms with Crippen LogP contribution < -0.4 is 0 Å². The molecule has 60 valence electrons. The van der Waals surface area contributed by atoms with Gasteiger partial charge in [-0.3, -0.25) is 10.1 Å². The molecule has 0 aliphatic rings. The van der Waals surface area contributed by atoms with E-state index < -0.39 is 0 Å². The van der Waals surface area contributed by atoms with E-state index in [1.807, 2.05) is 17.5 Å². The van der Waals surface area contributed by atoms with Crippen LogP contribution in [-0.2, 0) is 0 Å². The average molecular weight is 179 g/mol. The van der Waals surface area contributed by atoms with Crippen LogP contribution in [0.1, 0.15) is 0 Å². The van der Waals surface area contributed by atoms with Crippen molar-refractivity contribution >= 4 is 27.1 Å². The van der Waals surface area contributed by atoms with Crippen molar-refractivity contribution in [1.29, 1.82) is 0 Å². The fourth-order valence-electron chi connectivity index (χ4n) is 1.12. The predicted molar refractivity (Wildman–Crippen MR) is 48.5 cm³/mol. The van der Waals surface area contributed by atoms with Crippen molar-refractivity contribution in [2.24, 2.45) is 0 Å². The number of non-ortho nitro benzene ring substituents is 1. The molecule has 2 aromatic rings. The first kappa shape index (κ1) is 7.24. The Bertz CT molecular complexity index is 435. The van der Waals surface area contributed by atoms with Crippen LogP contribution in [0.4, 0.5) is 5.69 Å². The number of hydrogen-bond acceptors (Lipinski definition) is 3. The van der Waals surface area contributed by atoms with Gasteiger partial charge in [-0.25, -0.2) is 0 Å². The van der Waals surface area contributed by atoms with Crippen LogP contribution in [0, 0.1) is 10.1 Å². The molecule has 1 aromatic carbocycles. The molecule has 1 heterocycles. The molecule has 0 amide bonds. The normalized spacial score (nSPS) is 10.3. The van der Waals surface area contributed by atoms with E-state index in [1.165, 1.54) is 17.4 Å². The van der Waals surface area contributed by atoms with Crippen LogP contribution in [0.3, 0.4) is 0 Å². The smallest absolute Gasteiger partial charge is 0.258 e. The minimum atomic E-state index is -0.348. The maximum Gasteiger partial charge on any atom is 0.287 e. The van der Waals surface area contributed by atoms with Gasteiger partial charge in [0.1, 0.15) is 4.70 Å². The maximum absolute atomic E-state index is 10.5. The number of hydrogen-bond donors (Lipinski definition) is 0. The molecule has 0 atom stereocenters. The summed E-state index contributed by atoms with van der Waals surface area (Å²) < 4.78 is 0.752. The summed E-state index contributed by atoms with van der Waals surface area (Å²) in [4.78, 5) is 10.2. The third kappa shape index (κ3) is 0.967. The molecular formula is C8H5NO2S. The quantitative estimate of drug-likeness (QED) is 0.499. The maximum atomic E-state index is 10.5. The molecule has 1 aromatic heterocycles. The van der Waals surface area contributed by atoms with Crippen LogP contribution in [-0.4, -0.2) is 4.92 Å². The van der Waals surface area contributed by atoms with E-state index in [1.54, 1.807) is 6.07 Å². The fourth-order valence-corrected chi connectivity index (χ4v) is 2.01. The molecule has 0 aliphatic heterocycles. The van der Waals surface area contributed by atoms with E-state index in [9.17, 15) is 10.1 Å². The number of thiophene rings is 1. The van der Waals surface area contributed by atoms with Gasteiger partial charge in [-0.1, -0.05) is 12.1 Å². The summed E-state index contributed by atoms with van der Waals surface area (Å²) in [5, 5.41) is 13.3. The molecule has 12 heavy (non-hydrogen) atoms. The van der Waals surface area contributed by atoms with Gasteiger partial charge in [-0.05, 0) is 16.8 Å². The molecule has 0 N–H and O–H groups in total. The van der Waals surface area contributed by atoms with Crippen LogP contribution >= 0.6 is 11.3 Å². The number of fused-ring (bicyclic) bond motifs is 1. The van der Waals surface area contributed by atoms with Gasteiger partial charge in [-0.15, -0.1) is 11.3 Å². The van der Waals surface area contributed by atoms with E-state index in [0.717, 1.165) is 10.1 Å². The zero-order valence-electron chi connectivity index (χ0n) is 6.06. The molecule has 0 saturated carbocycles. The highest BCUT2D eigenvalue weighted by Gasteiger charge is 2.10. The summed E-state index contributed by atoms with van der Waals surface area (Å²) in [5.74, 6) is 0. The minimum Gasteiger partial charge on any atom is -0.258 e. The lowest BCUT2D eigenvalue weighted by Gasteiger charge is -1.91. The molecule has 0 saturated heterocycles. The first-order chi connectivity index (χ1) is 5.79. The fraction of sp³-hybridized carbons (Fsp3) is 0. The van der Waals surface area contributed by atoms with Crippen molar-refractivity contribution in [2.75, 3.05) is 0 Å². The van der Waals surface area contributed by atoms with Crippen LogP contribution in [0.2, 0.25) is 0 Å². The second-order valence-corrected chi connectivity index (χ2v) is 3.29. The molecule has 2 rings (SSSR count). The van der Waals surface area contributed by atoms with Gasteiger partial charge in [0.2, 0.25) is 0 Å². The first-order valence-corrected chi connectivity index (χ1v) is 4.27. The Labute approximate surface area is 72.4 Å². The molecule has 3 nitrogen and oxygen atoms in total. The minimum absolute atomic E-state index is 0.197. The number of rotatable bonds is 1. The zero-order chi connectivity index (χ0) is 8.55. The number of nitrogens with zero attached hydrogens (tertiary/aromatic N) is 1. The van der Waals surface area contributed by atoms with E-state index in [-0.39, 0.29) is 10.6 Å². The lowest BCUT2D eigenvalue weighted by molar-refractivity contribution is -0.382. The van der Waals surface area contributed by atoms with E-state index >= 15 is 0 Å². The monoisotopic (exact) mass is 179 g/mol. The van der Waals surface area contributed by atoms with Crippen molar-refractivity contribution in [1.82, 2.24) is 0 Å². The number of benzene rings is 1. The zero-order valence-corrected chi connectivity index (χ0v) is 6.88. The topological polar surface area (TPSA) is 43.1 Å². The Morgan fingerprint density at radius 2 is 2.17 bits per heavy atom. The third-order valence-corrected chi connectivity index (χ3v) is 2.61. The molecule has 0 bridgehead atoms. The Balaban J connectivity index is 2.82. The summed E-state index contributed by atoms with van der Waals surface area (Å²) in [6.07, 6.45) is 0. The molecule has 0 aliphatic carbocycles. The Kier molecular flexibility index (Phi) is 1.55. The van der Waals surface area contributed by atoms with Crippen LogP contribution in [0.15, 0.2) is 29.6 Å². The van der Waals surface area contributed by atoms with E-state index in [0.29, 0.717) is 0 Å². The summed E-state index contributed by atoms with van der Waals surface area (Å²) >= 11 is 1.40. The molecule has 4 heteroatoms. The van der Waals surface area contributed by atoms with Gasteiger partial charge < -0.3 is 0 Å². The summed E-state index contributed by atoms with van der Waals surface area (Å²) in [7, 11) is 0. The Morgan fingerprint density at radius 3 is 2.92 bits per heavy atom. The lowest BCUT2D eigenvalue weighted by atomic mass is 10.2. The third-order valence-electron chi connectivity index (χ3n) is 1.65. The number of nitro groups is 1. The van der Waals surface area contributed by atoms with Gasteiger partial charge in [0.25, 0.3) is 5.69 Å². The van der Waals surface area contributed by atoms with E-state index in [2.05, 4.69) is 0 Å². The van der Waals surface area contributed by atoms with Crippen LogP contribution in [0.5, 0.6) is 0 Å². The first-order valence-electron chi connectivity index (χ1n) is 3.39. The largest absolute Gasteiger partial charge is 0.287 e. The average Bonchev–Trinajstić information content (AvgIpc) is 2.49. The lowest BCUT2D eigenvalue weighted by Crippen LogP contribution is -1.86. The van der Waals surface area contributed by atoms with Crippen molar-refractivity contribution in [3.63, 3.8) is 0 Å². The molecule has 0 radical (unpaired) electrons. The van der Waals surface area contributed by atoms with Gasteiger partial charge in [-0.2, -0.15) is 0 Å². The van der Waals surface area contributed by atoms with Crippen molar-refractivity contribution in [3.8, 4) is 0 Å². The summed E-state index contributed by atoms with van der Waals surface area (Å²) in [6, 6.07) is 6.98. The molecule has 0 fully saturated rings. The standard InChI is InChI=1S/C8H5NO2S/c10-9(11)7-3-1-2-6-4-5-12-8(6)7/h1-5H. The van der Waals surface area contributed by atoms with Gasteiger partial charge in [0, 0.05) is 6.07 Å².